The van der Waals surface area contributed by atoms with Gasteiger partial charge in [0.05, 0.1) is 6.42 Å². The summed E-state index contributed by atoms with van der Waals surface area (Å²) in [5.74, 6) is 0.624. The van der Waals surface area contributed by atoms with Crippen LogP contribution in [-0.2, 0) is 11.2 Å². The number of fused-ring (bicyclic) bond motifs is 1. The lowest BCUT2D eigenvalue weighted by atomic mass is 9.81. The molecule has 0 bridgehead atoms. The average molecular weight is 272 g/mol. The zero-order valence-electron chi connectivity index (χ0n) is 12.8. The Labute approximate surface area is 120 Å². The lowest BCUT2D eigenvalue weighted by Gasteiger charge is -2.29. The van der Waals surface area contributed by atoms with E-state index in [4.69, 9.17) is 0 Å². The van der Waals surface area contributed by atoms with E-state index in [0.717, 1.165) is 16.5 Å². The fraction of sp³-hybridized carbons (Fsp3) is 0.471. The minimum Gasteiger partial charge on any atom is -0.361 e. The number of aromatic nitrogens is 1. The third kappa shape index (κ3) is 3.21. The van der Waals surface area contributed by atoms with Crippen LogP contribution in [0.3, 0.4) is 0 Å². The molecule has 0 aliphatic rings. The van der Waals surface area contributed by atoms with Crippen molar-refractivity contribution in [2.24, 2.45) is 11.3 Å². The van der Waals surface area contributed by atoms with E-state index in [1.807, 2.05) is 30.5 Å². The first-order chi connectivity index (χ1) is 9.40. The van der Waals surface area contributed by atoms with Gasteiger partial charge in [-0.1, -0.05) is 45.9 Å². The predicted octanol–water partition coefficient (Wildman–Crippen LogP) is 3.51. The van der Waals surface area contributed by atoms with Gasteiger partial charge in [0.1, 0.15) is 0 Å². The molecule has 3 heteroatoms. The Bertz CT molecular complexity index is 596. The SMILES string of the molecule is CC(C)C(C)(C)CNC(=O)Cc1c[nH]c2ccccc12. The van der Waals surface area contributed by atoms with Gasteiger partial charge in [0, 0.05) is 23.6 Å². The summed E-state index contributed by atoms with van der Waals surface area (Å²) in [6, 6.07) is 8.07. The summed E-state index contributed by atoms with van der Waals surface area (Å²) < 4.78 is 0. The number of hydrogen-bond acceptors (Lipinski definition) is 1. The summed E-state index contributed by atoms with van der Waals surface area (Å²) in [4.78, 5) is 15.3. The van der Waals surface area contributed by atoms with Crippen LogP contribution in [0.2, 0.25) is 0 Å². The molecule has 0 saturated heterocycles. The number of para-hydroxylation sites is 1. The number of carbonyl (C=O) groups is 1. The van der Waals surface area contributed by atoms with Crippen molar-refractivity contribution in [3.63, 3.8) is 0 Å². The zero-order chi connectivity index (χ0) is 14.8. The summed E-state index contributed by atoms with van der Waals surface area (Å²) >= 11 is 0. The summed E-state index contributed by atoms with van der Waals surface area (Å²) in [6.45, 7) is 9.46. The maximum atomic E-state index is 12.1. The van der Waals surface area contributed by atoms with Gasteiger partial charge < -0.3 is 10.3 Å². The Morgan fingerprint density at radius 1 is 1.30 bits per heavy atom. The Morgan fingerprint density at radius 3 is 2.70 bits per heavy atom. The Hall–Kier alpha value is -1.77. The third-order valence-electron chi connectivity index (χ3n) is 4.33. The highest BCUT2D eigenvalue weighted by Crippen LogP contribution is 2.24. The van der Waals surface area contributed by atoms with Crippen molar-refractivity contribution in [1.29, 1.82) is 0 Å². The smallest absolute Gasteiger partial charge is 0.224 e. The zero-order valence-corrected chi connectivity index (χ0v) is 12.8. The Balaban J connectivity index is 1.98. The van der Waals surface area contributed by atoms with E-state index in [9.17, 15) is 4.79 Å². The molecule has 0 saturated carbocycles. The van der Waals surface area contributed by atoms with Crippen LogP contribution in [-0.4, -0.2) is 17.4 Å². The van der Waals surface area contributed by atoms with Crippen molar-refractivity contribution < 1.29 is 4.79 Å². The summed E-state index contributed by atoms with van der Waals surface area (Å²) in [7, 11) is 0. The third-order valence-corrected chi connectivity index (χ3v) is 4.33. The summed E-state index contributed by atoms with van der Waals surface area (Å²) in [5, 5.41) is 4.18. The van der Waals surface area contributed by atoms with E-state index in [1.54, 1.807) is 0 Å². The standard InChI is InChI=1S/C17H24N2O/c1-12(2)17(3,4)11-19-16(20)9-13-10-18-15-8-6-5-7-14(13)15/h5-8,10,12,18H,9,11H2,1-4H3,(H,19,20). The minimum atomic E-state index is 0.0866. The van der Waals surface area contributed by atoms with Crippen LogP contribution in [0.15, 0.2) is 30.5 Å². The number of benzene rings is 1. The molecule has 1 aromatic heterocycles. The summed E-state index contributed by atoms with van der Waals surface area (Å²) in [5.41, 5.74) is 2.26. The number of aromatic amines is 1. The van der Waals surface area contributed by atoms with Gasteiger partial charge in [-0.05, 0) is 23.0 Å². The van der Waals surface area contributed by atoms with E-state index in [0.29, 0.717) is 18.9 Å². The number of H-pyrrole nitrogens is 1. The fourth-order valence-electron chi connectivity index (χ4n) is 2.04. The van der Waals surface area contributed by atoms with Gasteiger partial charge in [-0.2, -0.15) is 0 Å². The van der Waals surface area contributed by atoms with Crippen molar-refractivity contribution in [3.8, 4) is 0 Å². The predicted molar refractivity (Wildman–Crippen MR) is 83.6 cm³/mol. The van der Waals surface area contributed by atoms with Gasteiger partial charge in [0.25, 0.3) is 0 Å². The molecule has 2 N–H and O–H groups in total. The lowest BCUT2D eigenvalue weighted by molar-refractivity contribution is -0.121. The maximum absolute atomic E-state index is 12.1. The van der Waals surface area contributed by atoms with Gasteiger partial charge in [0.15, 0.2) is 0 Å². The van der Waals surface area contributed by atoms with E-state index < -0.39 is 0 Å². The van der Waals surface area contributed by atoms with Gasteiger partial charge in [-0.3, -0.25) is 4.79 Å². The molecule has 0 spiro atoms. The van der Waals surface area contributed by atoms with Crippen molar-refractivity contribution >= 4 is 16.8 Å². The highest BCUT2D eigenvalue weighted by Gasteiger charge is 2.23. The highest BCUT2D eigenvalue weighted by atomic mass is 16.1. The van der Waals surface area contributed by atoms with Crippen molar-refractivity contribution in [2.75, 3.05) is 6.54 Å². The normalized spacial score (nSPS) is 12.1. The average Bonchev–Trinajstić information content (AvgIpc) is 2.80. The Morgan fingerprint density at radius 2 is 2.00 bits per heavy atom. The van der Waals surface area contributed by atoms with Gasteiger partial charge in [-0.25, -0.2) is 0 Å². The van der Waals surface area contributed by atoms with E-state index in [2.05, 4.69) is 38.0 Å². The monoisotopic (exact) mass is 272 g/mol. The van der Waals surface area contributed by atoms with Crippen LogP contribution in [0, 0.1) is 11.3 Å². The molecule has 20 heavy (non-hydrogen) atoms. The number of nitrogens with one attached hydrogen (secondary N) is 2. The minimum absolute atomic E-state index is 0.0866. The van der Waals surface area contributed by atoms with Crippen LogP contribution in [0.1, 0.15) is 33.3 Å². The molecule has 0 unspecified atom stereocenters. The Kier molecular flexibility index (Phi) is 4.17. The molecule has 108 valence electrons. The molecule has 0 atom stereocenters. The number of rotatable bonds is 5. The quantitative estimate of drug-likeness (QED) is 0.859. The number of amides is 1. The first-order valence-electron chi connectivity index (χ1n) is 7.22. The lowest BCUT2D eigenvalue weighted by Crippen LogP contribution is -2.37. The van der Waals surface area contributed by atoms with E-state index in [-0.39, 0.29) is 11.3 Å². The second kappa shape index (κ2) is 5.70. The fourth-order valence-corrected chi connectivity index (χ4v) is 2.04. The van der Waals surface area contributed by atoms with Crippen LogP contribution < -0.4 is 5.32 Å². The first kappa shape index (κ1) is 14.6. The second-order valence-corrected chi connectivity index (χ2v) is 6.46. The summed E-state index contributed by atoms with van der Waals surface area (Å²) in [6.07, 6.45) is 2.36. The van der Waals surface area contributed by atoms with Crippen molar-refractivity contribution in [3.05, 3.63) is 36.0 Å². The van der Waals surface area contributed by atoms with E-state index in [1.165, 1.54) is 0 Å². The molecular weight excluding hydrogens is 248 g/mol. The molecule has 2 aromatic rings. The molecule has 0 aliphatic carbocycles. The molecule has 1 aromatic carbocycles. The van der Waals surface area contributed by atoms with Crippen LogP contribution >= 0.6 is 0 Å². The molecule has 3 nitrogen and oxygen atoms in total. The van der Waals surface area contributed by atoms with E-state index >= 15 is 0 Å². The first-order valence-corrected chi connectivity index (χ1v) is 7.22. The topological polar surface area (TPSA) is 44.9 Å². The molecule has 0 fully saturated rings. The molecule has 0 radical (unpaired) electrons. The van der Waals surface area contributed by atoms with Crippen molar-refractivity contribution in [1.82, 2.24) is 10.3 Å². The second-order valence-electron chi connectivity index (χ2n) is 6.46. The largest absolute Gasteiger partial charge is 0.361 e. The van der Waals surface area contributed by atoms with Gasteiger partial charge >= 0.3 is 0 Å². The number of carbonyl (C=O) groups excluding carboxylic acids is 1. The van der Waals surface area contributed by atoms with Gasteiger partial charge in [0.2, 0.25) is 5.91 Å². The highest BCUT2D eigenvalue weighted by molar-refractivity contribution is 5.88. The van der Waals surface area contributed by atoms with Crippen molar-refractivity contribution in [2.45, 2.75) is 34.1 Å². The van der Waals surface area contributed by atoms with Gasteiger partial charge in [-0.15, -0.1) is 0 Å². The maximum Gasteiger partial charge on any atom is 0.224 e. The van der Waals surface area contributed by atoms with Crippen LogP contribution in [0.4, 0.5) is 0 Å². The molecule has 1 amide bonds. The molecular formula is C17H24N2O. The van der Waals surface area contributed by atoms with Crippen LogP contribution in [0.5, 0.6) is 0 Å². The van der Waals surface area contributed by atoms with Crippen LogP contribution in [0.25, 0.3) is 10.9 Å². The number of hydrogen-bond donors (Lipinski definition) is 2. The molecule has 2 rings (SSSR count). The molecule has 1 heterocycles. The molecule has 0 aliphatic heterocycles.